The number of benzene rings is 1. The number of rotatable bonds is 6. The first-order valence-electron chi connectivity index (χ1n) is 5.87. The maximum absolute atomic E-state index is 6.15. The van der Waals surface area contributed by atoms with Crippen LogP contribution in [0.3, 0.4) is 0 Å². The Morgan fingerprint density at radius 3 is 2.50 bits per heavy atom. The van der Waals surface area contributed by atoms with Crippen molar-refractivity contribution in [3.63, 3.8) is 0 Å². The van der Waals surface area contributed by atoms with Crippen LogP contribution in [0.5, 0.6) is 0 Å². The number of thiocarbonyl (C=S) groups is 1. The first-order valence-corrected chi connectivity index (χ1v) is 6.66. The Morgan fingerprint density at radius 2 is 1.94 bits per heavy atom. The molecule has 0 heterocycles. The van der Waals surface area contributed by atoms with Gasteiger partial charge in [0.1, 0.15) is 4.99 Å². The molecule has 0 atom stereocenters. The summed E-state index contributed by atoms with van der Waals surface area (Å²) >= 11 is 11.2. The summed E-state index contributed by atoms with van der Waals surface area (Å²) in [6.45, 7) is 1.99. The molecule has 0 bridgehead atoms. The zero-order chi connectivity index (χ0) is 13.7. The van der Waals surface area contributed by atoms with Crippen molar-refractivity contribution in [3.05, 3.63) is 28.8 Å². The van der Waals surface area contributed by atoms with E-state index in [1.165, 1.54) is 0 Å². The molecule has 0 aromatic heterocycles. The molecule has 5 heteroatoms. The van der Waals surface area contributed by atoms with Gasteiger partial charge in [-0.1, -0.05) is 29.9 Å². The number of anilines is 1. The van der Waals surface area contributed by atoms with Crippen LogP contribution >= 0.6 is 23.8 Å². The van der Waals surface area contributed by atoms with Gasteiger partial charge in [0.2, 0.25) is 0 Å². The third-order valence-electron chi connectivity index (χ3n) is 2.75. The average Bonchev–Trinajstić information content (AvgIpc) is 2.27. The molecule has 0 aliphatic carbocycles. The zero-order valence-corrected chi connectivity index (χ0v) is 12.7. The molecule has 1 aromatic rings. The molecule has 0 fully saturated rings. The lowest BCUT2D eigenvalue weighted by molar-refractivity contribution is 0.401. The molecule has 3 nitrogen and oxygen atoms in total. The fourth-order valence-corrected chi connectivity index (χ4v) is 2.36. The minimum absolute atomic E-state index is 0.343. The van der Waals surface area contributed by atoms with Gasteiger partial charge in [-0.05, 0) is 39.2 Å². The van der Waals surface area contributed by atoms with Gasteiger partial charge in [-0.25, -0.2) is 0 Å². The second kappa shape index (κ2) is 6.92. The van der Waals surface area contributed by atoms with Gasteiger partial charge < -0.3 is 15.5 Å². The predicted octanol–water partition coefficient (Wildman–Crippen LogP) is 2.36. The van der Waals surface area contributed by atoms with E-state index in [1.54, 1.807) is 0 Å². The molecule has 0 amide bonds. The maximum atomic E-state index is 6.15. The van der Waals surface area contributed by atoms with Crippen LogP contribution in [0.2, 0.25) is 5.02 Å². The van der Waals surface area contributed by atoms with Gasteiger partial charge in [0.15, 0.2) is 0 Å². The predicted molar refractivity (Wildman–Crippen MR) is 83.8 cm³/mol. The summed E-state index contributed by atoms with van der Waals surface area (Å²) < 4.78 is 0. The molecule has 100 valence electrons. The van der Waals surface area contributed by atoms with E-state index in [9.17, 15) is 0 Å². The maximum Gasteiger partial charge on any atom is 0.107 e. The lowest BCUT2D eigenvalue weighted by Gasteiger charge is -2.23. The second-order valence-electron chi connectivity index (χ2n) is 4.58. The van der Waals surface area contributed by atoms with E-state index in [0.29, 0.717) is 10.0 Å². The van der Waals surface area contributed by atoms with Gasteiger partial charge in [0.05, 0.1) is 10.6 Å². The molecular weight excluding hydrogens is 266 g/mol. The lowest BCUT2D eigenvalue weighted by Crippen LogP contribution is -2.26. The molecule has 0 saturated carbocycles. The topological polar surface area (TPSA) is 32.5 Å². The van der Waals surface area contributed by atoms with Crippen molar-refractivity contribution in [2.24, 2.45) is 5.73 Å². The summed E-state index contributed by atoms with van der Waals surface area (Å²) in [5.74, 6) is 0. The van der Waals surface area contributed by atoms with Crippen LogP contribution in [0.25, 0.3) is 0 Å². The van der Waals surface area contributed by atoms with Crippen LogP contribution in [0, 0.1) is 0 Å². The number of halogens is 1. The molecular formula is C13H20ClN3S. The Bertz CT molecular complexity index is 421. The second-order valence-corrected chi connectivity index (χ2v) is 5.42. The highest BCUT2D eigenvalue weighted by atomic mass is 35.5. The van der Waals surface area contributed by atoms with Crippen molar-refractivity contribution >= 4 is 34.5 Å². The van der Waals surface area contributed by atoms with Crippen LogP contribution in [0.15, 0.2) is 18.2 Å². The minimum atomic E-state index is 0.343. The van der Waals surface area contributed by atoms with Gasteiger partial charge >= 0.3 is 0 Å². The third kappa shape index (κ3) is 4.12. The molecule has 2 N–H and O–H groups in total. The molecule has 0 radical (unpaired) electrons. The molecule has 1 rings (SSSR count). The summed E-state index contributed by atoms with van der Waals surface area (Å²) in [5.41, 5.74) is 7.50. The smallest absolute Gasteiger partial charge is 0.107 e. The van der Waals surface area contributed by atoms with E-state index >= 15 is 0 Å². The summed E-state index contributed by atoms with van der Waals surface area (Å²) in [6, 6.07) is 5.73. The van der Waals surface area contributed by atoms with E-state index < -0.39 is 0 Å². The van der Waals surface area contributed by atoms with Crippen molar-refractivity contribution in [1.82, 2.24) is 4.90 Å². The Kier molecular flexibility index (Phi) is 5.85. The quantitative estimate of drug-likeness (QED) is 0.814. The molecule has 0 aliphatic heterocycles. The minimum Gasteiger partial charge on any atom is -0.389 e. The van der Waals surface area contributed by atoms with Crippen molar-refractivity contribution in [1.29, 1.82) is 0 Å². The van der Waals surface area contributed by atoms with Crippen molar-refractivity contribution in [3.8, 4) is 0 Å². The average molecular weight is 286 g/mol. The Balaban J connectivity index is 2.82. The molecule has 0 saturated heterocycles. The third-order valence-corrected chi connectivity index (χ3v) is 3.27. The van der Waals surface area contributed by atoms with Crippen molar-refractivity contribution < 1.29 is 0 Å². The summed E-state index contributed by atoms with van der Waals surface area (Å²) in [4.78, 5) is 4.65. The first-order chi connectivity index (χ1) is 8.43. The number of nitrogens with zero attached hydrogens (tertiary/aromatic N) is 2. The van der Waals surface area contributed by atoms with E-state index in [2.05, 4.69) is 23.9 Å². The van der Waals surface area contributed by atoms with Gasteiger partial charge in [0, 0.05) is 19.3 Å². The fraction of sp³-hybridized carbons (Fsp3) is 0.462. The largest absolute Gasteiger partial charge is 0.389 e. The van der Waals surface area contributed by atoms with Gasteiger partial charge in [-0.15, -0.1) is 0 Å². The van der Waals surface area contributed by atoms with E-state index in [1.807, 2.05) is 25.2 Å². The lowest BCUT2D eigenvalue weighted by atomic mass is 10.1. The first kappa shape index (κ1) is 15.2. The number of nitrogens with two attached hydrogens (primary N) is 1. The fourth-order valence-electron chi connectivity index (χ4n) is 1.82. The molecule has 1 aromatic carbocycles. The monoisotopic (exact) mass is 285 g/mol. The van der Waals surface area contributed by atoms with Crippen LogP contribution < -0.4 is 10.6 Å². The molecule has 0 spiro atoms. The summed E-state index contributed by atoms with van der Waals surface area (Å²) in [7, 11) is 6.17. The molecule has 18 heavy (non-hydrogen) atoms. The highest BCUT2D eigenvalue weighted by Crippen LogP contribution is 2.26. The highest BCUT2D eigenvalue weighted by Gasteiger charge is 2.12. The summed E-state index contributed by atoms with van der Waals surface area (Å²) in [6.07, 6.45) is 1.08. The van der Waals surface area contributed by atoms with Gasteiger partial charge in [0.25, 0.3) is 0 Å². The zero-order valence-electron chi connectivity index (χ0n) is 11.1. The van der Waals surface area contributed by atoms with Crippen LogP contribution in [-0.4, -0.2) is 44.1 Å². The van der Waals surface area contributed by atoms with Gasteiger partial charge in [-0.3, -0.25) is 0 Å². The Morgan fingerprint density at radius 1 is 1.28 bits per heavy atom. The van der Waals surface area contributed by atoms with Crippen LogP contribution in [0.1, 0.15) is 12.0 Å². The van der Waals surface area contributed by atoms with E-state index in [0.717, 1.165) is 30.8 Å². The Labute approximate surface area is 120 Å². The van der Waals surface area contributed by atoms with E-state index in [-0.39, 0.29) is 0 Å². The number of hydrogen-bond donors (Lipinski definition) is 1. The highest BCUT2D eigenvalue weighted by molar-refractivity contribution is 7.80. The van der Waals surface area contributed by atoms with Crippen molar-refractivity contribution in [2.75, 3.05) is 39.1 Å². The van der Waals surface area contributed by atoms with Gasteiger partial charge in [-0.2, -0.15) is 0 Å². The van der Waals surface area contributed by atoms with E-state index in [4.69, 9.17) is 29.6 Å². The molecule has 0 unspecified atom stereocenters. The SMILES string of the molecule is CN(C)CCCN(C)c1cccc(Cl)c1C(N)=S. The van der Waals surface area contributed by atoms with Crippen LogP contribution in [-0.2, 0) is 0 Å². The summed E-state index contributed by atoms with van der Waals surface area (Å²) in [5, 5.41) is 0.611. The molecule has 0 aliphatic rings. The number of hydrogen-bond acceptors (Lipinski definition) is 3. The van der Waals surface area contributed by atoms with Crippen LogP contribution in [0.4, 0.5) is 5.69 Å². The standard InChI is InChI=1S/C13H20ClN3S/c1-16(2)8-5-9-17(3)11-7-4-6-10(14)12(11)13(15)18/h4,6-7H,5,8-9H2,1-3H3,(H2,15,18). The van der Waals surface area contributed by atoms with Crippen molar-refractivity contribution in [2.45, 2.75) is 6.42 Å². The Hall–Kier alpha value is -0.840. The normalized spacial score (nSPS) is 10.7.